The molecule has 6 heteroatoms. The van der Waals surface area contributed by atoms with Gasteiger partial charge in [-0.1, -0.05) is 30.3 Å². The molecular weight excluding hydrogens is 346 g/mol. The Morgan fingerprint density at radius 1 is 1.12 bits per heavy atom. The van der Waals surface area contributed by atoms with Gasteiger partial charge in [-0.25, -0.2) is 0 Å². The summed E-state index contributed by atoms with van der Waals surface area (Å²) in [6.07, 6.45) is 0. The number of hydrogen-bond donors (Lipinski definition) is 3. The molecule has 0 radical (unpaired) electrons. The molecule has 0 saturated carbocycles. The molecule has 0 aromatic heterocycles. The summed E-state index contributed by atoms with van der Waals surface area (Å²) < 4.78 is 5.22. The maximum Gasteiger partial charge on any atom is 0.255 e. The first-order valence-corrected chi connectivity index (χ1v) is 8.69. The van der Waals surface area contributed by atoms with Crippen molar-refractivity contribution in [2.75, 3.05) is 12.4 Å². The Kier molecular flexibility index (Phi) is 5.23. The van der Waals surface area contributed by atoms with E-state index in [1.807, 2.05) is 62.4 Å². The standard InChI is InChI=1S/C20H21N3O2S/c1-12-6-4-5-7-16(12)22-19(24)17-13(2)21-20(26)23-18(17)14-8-10-15(25-3)11-9-14/h4-11,18H,1-3H3,(H,22,24)(H2,21,23,26)/t18-/m0/s1. The van der Waals surface area contributed by atoms with Gasteiger partial charge in [-0.3, -0.25) is 4.79 Å². The van der Waals surface area contributed by atoms with Crippen LogP contribution in [0, 0.1) is 6.92 Å². The fraction of sp³-hybridized carbons (Fsp3) is 0.200. The number of ether oxygens (including phenoxy) is 1. The van der Waals surface area contributed by atoms with Gasteiger partial charge < -0.3 is 20.7 Å². The quantitative estimate of drug-likeness (QED) is 0.723. The number of benzene rings is 2. The molecule has 26 heavy (non-hydrogen) atoms. The van der Waals surface area contributed by atoms with Crippen molar-refractivity contribution in [1.82, 2.24) is 10.6 Å². The van der Waals surface area contributed by atoms with Crippen molar-refractivity contribution >= 4 is 28.9 Å². The van der Waals surface area contributed by atoms with Crippen LogP contribution in [-0.4, -0.2) is 18.1 Å². The lowest BCUT2D eigenvalue weighted by Gasteiger charge is -2.30. The van der Waals surface area contributed by atoms with Crippen LogP contribution in [0.25, 0.3) is 0 Å². The average molecular weight is 367 g/mol. The number of aryl methyl sites for hydroxylation is 1. The summed E-state index contributed by atoms with van der Waals surface area (Å²) in [5.74, 6) is 0.594. The van der Waals surface area contributed by atoms with E-state index in [1.165, 1.54) is 0 Å². The number of thiocarbonyl (C=S) groups is 1. The molecule has 5 nitrogen and oxygen atoms in total. The molecule has 3 rings (SSSR count). The zero-order chi connectivity index (χ0) is 18.7. The molecule has 2 aromatic rings. The molecule has 134 valence electrons. The highest BCUT2D eigenvalue weighted by Crippen LogP contribution is 2.29. The normalized spacial score (nSPS) is 16.6. The molecule has 1 atom stereocenters. The van der Waals surface area contributed by atoms with Gasteiger partial charge in [0.2, 0.25) is 0 Å². The van der Waals surface area contributed by atoms with Crippen LogP contribution in [-0.2, 0) is 4.79 Å². The van der Waals surface area contributed by atoms with Crippen molar-refractivity contribution in [3.8, 4) is 5.75 Å². The van der Waals surface area contributed by atoms with Crippen molar-refractivity contribution in [2.24, 2.45) is 0 Å². The molecule has 1 amide bonds. The summed E-state index contributed by atoms with van der Waals surface area (Å²) >= 11 is 5.29. The highest BCUT2D eigenvalue weighted by Gasteiger charge is 2.30. The van der Waals surface area contributed by atoms with Crippen molar-refractivity contribution < 1.29 is 9.53 Å². The van der Waals surface area contributed by atoms with Gasteiger partial charge in [-0.15, -0.1) is 0 Å². The summed E-state index contributed by atoms with van der Waals surface area (Å²) in [4.78, 5) is 13.0. The van der Waals surface area contributed by atoms with E-state index in [1.54, 1.807) is 7.11 Å². The molecule has 0 saturated heterocycles. The number of nitrogens with one attached hydrogen (secondary N) is 3. The molecule has 0 unspecified atom stereocenters. The maximum atomic E-state index is 13.0. The van der Waals surface area contributed by atoms with Gasteiger partial charge in [-0.2, -0.15) is 0 Å². The minimum absolute atomic E-state index is 0.167. The lowest BCUT2D eigenvalue weighted by atomic mass is 9.94. The Hall–Kier alpha value is -2.86. The molecule has 1 aliphatic rings. The number of allylic oxidation sites excluding steroid dienone is 1. The van der Waals surface area contributed by atoms with Crippen LogP contribution < -0.4 is 20.7 Å². The highest BCUT2D eigenvalue weighted by molar-refractivity contribution is 7.80. The Morgan fingerprint density at radius 2 is 1.81 bits per heavy atom. The first kappa shape index (κ1) is 17.9. The molecule has 3 N–H and O–H groups in total. The van der Waals surface area contributed by atoms with Gasteiger partial charge in [0.05, 0.1) is 18.7 Å². The lowest BCUT2D eigenvalue weighted by molar-refractivity contribution is -0.113. The molecule has 2 aromatic carbocycles. The van der Waals surface area contributed by atoms with Crippen LogP contribution in [0.5, 0.6) is 5.75 Å². The monoisotopic (exact) mass is 367 g/mol. The van der Waals surface area contributed by atoms with E-state index in [9.17, 15) is 4.79 Å². The van der Waals surface area contributed by atoms with Crippen molar-refractivity contribution in [1.29, 1.82) is 0 Å². The van der Waals surface area contributed by atoms with Gasteiger partial charge in [-0.05, 0) is 55.4 Å². The van der Waals surface area contributed by atoms with Gasteiger partial charge in [0.1, 0.15) is 5.75 Å². The number of hydrogen-bond acceptors (Lipinski definition) is 3. The van der Waals surface area contributed by atoms with Gasteiger partial charge in [0, 0.05) is 11.4 Å². The van der Waals surface area contributed by atoms with Crippen molar-refractivity contribution in [3.63, 3.8) is 0 Å². The largest absolute Gasteiger partial charge is 0.497 e. The van der Waals surface area contributed by atoms with Crippen LogP contribution >= 0.6 is 12.2 Å². The zero-order valence-corrected chi connectivity index (χ0v) is 15.7. The predicted molar refractivity (Wildman–Crippen MR) is 107 cm³/mol. The summed E-state index contributed by atoms with van der Waals surface area (Å²) in [7, 11) is 1.62. The van der Waals surface area contributed by atoms with E-state index in [0.29, 0.717) is 10.7 Å². The van der Waals surface area contributed by atoms with Gasteiger partial charge in [0.15, 0.2) is 5.11 Å². The molecular formula is C20H21N3O2S. The first-order chi connectivity index (χ1) is 12.5. The fourth-order valence-electron chi connectivity index (χ4n) is 2.94. The van der Waals surface area contributed by atoms with Crippen LogP contribution in [0.4, 0.5) is 5.69 Å². The third-order valence-corrected chi connectivity index (χ3v) is 4.58. The second-order valence-corrected chi connectivity index (χ2v) is 6.52. The Bertz CT molecular complexity index is 875. The number of methoxy groups -OCH3 is 1. The molecule has 0 aliphatic carbocycles. The molecule has 1 aliphatic heterocycles. The van der Waals surface area contributed by atoms with E-state index in [-0.39, 0.29) is 11.9 Å². The minimum Gasteiger partial charge on any atom is -0.497 e. The van der Waals surface area contributed by atoms with E-state index in [2.05, 4.69) is 16.0 Å². The molecule has 0 bridgehead atoms. The number of rotatable bonds is 4. The van der Waals surface area contributed by atoms with E-state index < -0.39 is 0 Å². The maximum absolute atomic E-state index is 13.0. The van der Waals surface area contributed by atoms with Gasteiger partial charge in [0.25, 0.3) is 5.91 Å². The number of anilines is 1. The van der Waals surface area contributed by atoms with Crippen molar-refractivity contribution in [3.05, 3.63) is 70.9 Å². The third kappa shape index (κ3) is 3.70. The lowest BCUT2D eigenvalue weighted by Crippen LogP contribution is -2.45. The van der Waals surface area contributed by atoms with Crippen LogP contribution in [0.1, 0.15) is 24.1 Å². The van der Waals surface area contributed by atoms with E-state index in [4.69, 9.17) is 17.0 Å². The molecule has 0 fully saturated rings. The second kappa shape index (κ2) is 7.58. The summed E-state index contributed by atoms with van der Waals surface area (Å²) in [6.45, 7) is 3.82. The summed E-state index contributed by atoms with van der Waals surface area (Å²) in [5.41, 5.74) is 4.07. The summed E-state index contributed by atoms with van der Waals surface area (Å²) in [6, 6.07) is 15.0. The topological polar surface area (TPSA) is 62.4 Å². The number of carbonyl (C=O) groups excluding carboxylic acids is 1. The smallest absolute Gasteiger partial charge is 0.255 e. The number of para-hydroxylation sites is 1. The predicted octanol–water partition coefficient (Wildman–Crippen LogP) is 3.44. The van der Waals surface area contributed by atoms with Crippen molar-refractivity contribution in [2.45, 2.75) is 19.9 Å². The average Bonchev–Trinajstić information content (AvgIpc) is 2.63. The Morgan fingerprint density at radius 3 is 2.46 bits per heavy atom. The van der Waals surface area contributed by atoms with Crippen LogP contribution in [0.3, 0.4) is 0 Å². The summed E-state index contributed by atoms with van der Waals surface area (Å²) in [5, 5.41) is 9.74. The van der Waals surface area contributed by atoms with Crippen LogP contribution in [0.2, 0.25) is 0 Å². The Balaban J connectivity index is 1.94. The molecule has 0 spiro atoms. The first-order valence-electron chi connectivity index (χ1n) is 8.29. The molecule has 1 heterocycles. The Labute approximate surface area is 158 Å². The minimum atomic E-state index is -0.335. The SMILES string of the molecule is COc1ccc([C@@H]2NC(=S)NC(C)=C2C(=O)Nc2ccccc2C)cc1. The highest BCUT2D eigenvalue weighted by atomic mass is 32.1. The third-order valence-electron chi connectivity index (χ3n) is 4.36. The number of amides is 1. The fourth-order valence-corrected chi connectivity index (χ4v) is 3.21. The van der Waals surface area contributed by atoms with Crippen LogP contribution in [0.15, 0.2) is 59.8 Å². The second-order valence-electron chi connectivity index (χ2n) is 6.11. The zero-order valence-electron chi connectivity index (χ0n) is 14.9. The van der Waals surface area contributed by atoms with E-state index in [0.717, 1.165) is 28.3 Å². The van der Waals surface area contributed by atoms with Gasteiger partial charge >= 0.3 is 0 Å². The van der Waals surface area contributed by atoms with E-state index >= 15 is 0 Å². The number of carbonyl (C=O) groups is 1.